The monoisotopic (exact) mass is 277 g/mol. The van der Waals surface area contributed by atoms with Gasteiger partial charge in [-0.1, -0.05) is 0 Å². The summed E-state index contributed by atoms with van der Waals surface area (Å²) in [6, 6.07) is 4.72. The zero-order chi connectivity index (χ0) is 14.3. The second-order valence-electron chi connectivity index (χ2n) is 4.16. The summed E-state index contributed by atoms with van der Waals surface area (Å²) in [4.78, 5) is 25.3. The second-order valence-corrected chi connectivity index (χ2v) is 4.16. The van der Waals surface area contributed by atoms with Gasteiger partial charge in [0.2, 0.25) is 0 Å². The van der Waals surface area contributed by atoms with Gasteiger partial charge in [-0.15, -0.1) is 0 Å². The van der Waals surface area contributed by atoms with E-state index in [0.717, 1.165) is 4.57 Å². The highest BCUT2D eigenvalue weighted by Gasteiger charge is 2.21. The average Bonchev–Trinajstić information content (AvgIpc) is 2.73. The van der Waals surface area contributed by atoms with Crippen LogP contribution in [0.25, 0.3) is 5.69 Å². The number of anilines is 1. The quantitative estimate of drug-likeness (QED) is 0.722. The zero-order valence-electron chi connectivity index (χ0n) is 10.3. The van der Waals surface area contributed by atoms with Crippen LogP contribution in [0.1, 0.15) is 10.5 Å². The van der Waals surface area contributed by atoms with E-state index in [0.29, 0.717) is 30.4 Å². The molecule has 8 nitrogen and oxygen atoms in total. The number of fused-ring (bicyclic) bond motifs is 1. The number of H-pyrrole nitrogens is 1. The van der Waals surface area contributed by atoms with Gasteiger partial charge in [-0.2, -0.15) is 0 Å². The molecule has 8 heteroatoms. The molecule has 1 aliphatic rings. The molecule has 1 aromatic heterocycles. The minimum atomic E-state index is -1.30. The summed E-state index contributed by atoms with van der Waals surface area (Å²) >= 11 is 0. The molecule has 0 radical (unpaired) electrons. The topological polar surface area (TPSA) is 120 Å². The summed E-state index contributed by atoms with van der Waals surface area (Å²) in [6.45, 7) is 0.843. The first-order valence-corrected chi connectivity index (χ1v) is 5.81. The Morgan fingerprint density at radius 2 is 2.00 bits per heavy atom. The Kier molecular flexibility index (Phi) is 2.63. The molecule has 4 N–H and O–H groups in total. The molecule has 0 saturated heterocycles. The number of imidazole rings is 1. The number of nitrogens with one attached hydrogen (secondary N) is 1. The van der Waals surface area contributed by atoms with Crippen LogP contribution in [0, 0.1) is 0 Å². The van der Waals surface area contributed by atoms with Gasteiger partial charge in [-0.05, 0) is 12.1 Å². The molecule has 2 aromatic rings. The van der Waals surface area contributed by atoms with Crippen LogP contribution in [0.2, 0.25) is 0 Å². The third-order valence-corrected chi connectivity index (χ3v) is 2.91. The normalized spacial score (nSPS) is 13.2. The van der Waals surface area contributed by atoms with Crippen molar-refractivity contribution in [1.82, 2.24) is 9.55 Å². The Bertz CT molecular complexity index is 746. The van der Waals surface area contributed by atoms with E-state index in [1.54, 1.807) is 12.1 Å². The number of carboxylic acid groups (broad SMARTS) is 1. The van der Waals surface area contributed by atoms with Crippen molar-refractivity contribution in [1.29, 1.82) is 0 Å². The lowest BCUT2D eigenvalue weighted by Crippen LogP contribution is -2.20. The number of rotatable bonds is 2. The van der Waals surface area contributed by atoms with Crippen LogP contribution >= 0.6 is 0 Å². The van der Waals surface area contributed by atoms with E-state index in [9.17, 15) is 9.59 Å². The molecule has 2 heterocycles. The number of nitrogen functional groups attached to an aromatic ring is 1. The van der Waals surface area contributed by atoms with E-state index < -0.39 is 11.7 Å². The summed E-state index contributed by atoms with van der Waals surface area (Å²) < 4.78 is 11.8. The van der Waals surface area contributed by atoms with Gasteiger partial charge in [0, 0.05) is 6.07 Å². The molecule has 104 valence electrons. The fraction of sp³-hybridized carbons (Fsp3) is 0.167. The van der Waals surface area contributed by atoms with Crippen molar-refractivity contribution in [3.63, 3.8) is 0 Å². The Hall–Kier alpha value is -2.90. The van der Waals surface area contributed by atoms with Gasteiger partial charge in [-0.3, -0.25) is 9.55 Å². The van der Waals surface area contributed by atoms with Gasteiger partial charge < -0.3 is 20.3 Å². The molecule has 0 fully saturated rings. The molecule has 0 bridgehead atoms. The van der Waals surface area contributed by atoms with Gasteiger partial charge in [0.1, 0.15) is 19.0 Å². The zero-order valence-corrected chi connectivity index (χ0v) is 10.3. The van der Waals surface area contributed by atoms with E-state index in [2.05, 4.69) is 4.98 Å². The number of hydrogen-bond acceptors (Lipinski definition) is 5. The third kappa shape index (κ3) is 1.78. The summed E-state index contributed by atoms with van der Waals surface area (Å²) in [5.41, 5.74) is 4.90. The number of ether oxygens (including phenoxy) is 2. The number of nitrogens with two attached hydrogens (primary N) is 1. The molecule has 3 rings (SSSR count). The first kappa shape index (κ1) is 12.2. The minimum absolute atomic E-state index is 0.197. The number of carbonyl (C=O) groups is 1. The maximum Gasteiger partial charge on any atom is 0.356 e. The van der Waals surface area contributed by atoms with Crippen molar-refractivity contribution >= 4 is 11.8 Å². The first-order valence-electron chi connectivity index (χ1n) is 5.81. The largest absolute Gasteiger partial charge is 0.486 e. The van der Waals surface area contributed by atoms with Crippen LogP contribution in [0.3, 0.4) is 0 Å². The Balaban J connectivity index is 2.19. The lowest BCUT2D eigenvalue weighted by molar-refractivity contribution is 0.0689. The molecule has 20 heavy (non-hydrogen) atoms. The standard InChI is InChI=1S/C12H11N3O5/c13-10-9(11(16)17)15(12(18)14-10)6-1-2-7-8(5-6)20-4-3-19-7/h1-2,5H,3-4,13H2,(H,14,18)(H,16,17). The number of benzene rings is 1. The summed E-state index contributed by atoms with van der Waals surface area (Å²) in [7, 11) is 0. The average molecular weight is 277 g/mol. The molecule has 0 unspecified atom stereocenters. The fourth-order valence-electron chi connectivity index (χ4n) is 2.08. The van der Waals surface area contributed by atoms with Gasteiger partial charge in [0.15, 0.2) is 17.2 Å². The summed E-state index contributed by atoms with van der Waals surface area (Å²) in [5.74, 6) is -0.488. The van der Waals surface area contributed by atoms with Crippen LogP contribution in [0.4, 0.5) is 5.82 Å². The molecule has 0 spiro atoms. The number of hydrogen-bond donors (Lipinski definition) is 3. The molecule has 0 aliphatic carbocycles. The molecule has 0 amide bonds. The summed E-state index contributed by atoms with van der Waals surface area (Å²) in [5, 5.41) is 9.14. The van der Waals surface area contributed by atoms with Crippen LogP contribution in [-0.4, -0.2) is 33.8 Å². The van der Waals surface area contributed by atoms with Crippen molar-refractivity contribution in [3.05, 3.63) is 34.4 Å². The van der Waals surface area contributed by atoms with E-state index in [-0.39, 0.29) is 11.5 Å². The predicted octanol–water partition coefficient (Wildman–Crippen LogP) is 0.217. The highest BCUT2D eigenvalue weighted by atomic mass is 16.6. The smallest absolute Gasteiger partial charge is 0.356 e. The Morgan fingerprint density at radius 3 is 2.70 bits per heavy atom. The van der Waals surface area contributed by atoms with Crippen molar-refractivity contribution in [3.8, 4) is 17.2 Å². The van der Waals surface area contributed by atoms with Crippen LogP contribution < -0.4 is 20.9 Å². The van der Waals surface area contributed by atoms with Crippen LogP contribution in [-0.2, 0) is 0 Å². The second kappa shape index (κ2) is 4.34. The lowest BCUT2D eigenvalue weighted by atomic mass is 10.2. The lowest BCUT2D eigenvalue weighted by Gasteiger charge is -2.19. The van der Waals surface area contributed by atoms with Crippen molar-refractivity contribution in [2.75, 3.05) is 18.9 Å². The molecule has 1 aromatic carbocycles. The van der Waals surface area contributed by atoms with Gasteiger partial charge in [-0.25, -0.2) is 9.59 Å². The number of aromatic amines is 1. The maximum atomic E-state index is 11.8. The first-order chi connectivity index (χ1) is 9.58. The van der Waals surface area contributed by atoms with Gasteiger partial charge in [0.05, 0.1) is 5.69 Å². The predicted molar refractivity (Wildman–Crippen MR) is 68.8 cm³/mol. The molecule has 1 aliphatic heterocycles. The molecule has 0 saturated carbocycles. The Morgan fingerprint density at radius 1 is 1.30 bits per heavy atom. The fourth-order valence-corrected chi connectivity index (χ4v) is 2.08. The number of aromatic nitrogens is 2. The van der Waals surface area contributed by atoms with Gasteiger partial charge in [0.25, 0.3) is 0 Å². The molecular weight excluding hydrogens is 266 g/mol. The third-order valence-electron chi connectivity index (χ3n) is 2.91. The molecule has 0 atom stereocenters. The number of carboxylic acids is 1. The van der Waals surface area contributed by atoms with Crippen molar-refractivity contribution < 1.29 is 19.4 Å². The van der Waals surface area contributed by atoms with Crippen LogP contribution in [0.15, 0.2) is 23.0 Å². The SMILES string of the molecule is Nc1[nH]c(=O)n(-c2ccc3c(c2)OCCO3)c1C(=O)O. The number of aromatic carboxylic acids is 1. The van der Waals surface area contributed by atoms with E-state index in [1.165, 1.54) is 6.07 Å². The maximum absolute atomic E-state index is 11.8. The van der Waals surface area contributed by atoms with E-state index in [4.69, 9.17) is 20.3 Å². The number of nitrogens with zero attached hydrogens (tertiary/aromatic N) is 1. The van der Waals surface area contributed by atoms with E-state index >= 15 is 0 Å². The van der Waals surface area contributed by atoms with Gasteiger partial charge >= 0.3 is 11.7 Å². The van der Waals surface area contributed by atoms with Crippen molar-refractivity contribution in [2.24, 2.45) is 0 Å². The minimum Gasteiger partial charge on any atom is -0.486 e. The molecular formula is C12H11N3O5. The highest BCUT2D eigenvalue weighted by Crippen LogP contribution is 2.32. The van der Waals surface area contributed by atoms with Crippen LogP contribution in [0.5, 0.6) is 11.5 Å². The van der Waals surface area contributed by atoms with E-state index in [1.807, 2.05) is 0 Å². The highest BCUT2D eigenvalue weighted by molar-refractivity contribution is 5.91. The van der Waals surface area contributed by atoms with Crippen molar-refractivity contribution in [2.45, 2.75) is 0 Å². The summed E-state index contributed by atoms with van der Waals surface area (Å²) in [6.07, 6.45) is 0. The Labute approximate surface area is 112 Å².